The van der Waals surface area contributed by atoms with Gasteiger partial charge in [-0.25, -0.2) is 8.42 Å². The third-order valence-electron chi connectivity index (χ3n) is 4.36. The molecule has 0 aliphatic carbocycles. The highest BCUT2D eigenvalue weighted by molar-refractivity contribution is 7.90. The summed E-state index contributed by atoms with van der Waals surface area (Å²) < 4.78 is 29.7. The molecular weight excluding hydrogens is 328 g/mol. The van der Waals surface area contributed by atoms with Crippen LogP contribution in [-0.4, -0.2) is 31.8 Å². The van der Waals surface area contributed by atoms with Crippen LogP contribution in [0.2, 0.25) is 0 Å². The number of carbonyl (C=O) groups excluding carboxylic acids is 1. The number of para-hydroxylation sites is 1. The van der Waals surface area contributed by atoms with Crippen molar-refractivity contribution in [1.82, 2.24) is 5.16 Å². The first-order valence-corrected chi connectivity index (χ1v) is 9.70. The van der Waals surface area contributed by atoms with Crippen molar-refractivity contribution in [3.05, 3.63) is 46.8 Å². The van der Waals surface area contributed by atoms with E-state index >= 15 is 0 Å². The fraction of sp³-hybridized carbons (Fsp3) is 0.412. The first-order chi connectivity index (χ1) is 11.4. The fourth-order valence-corrected chi connectivity index (χ4v) is 4.46. The van der Waals surface area contributed by atoms with Crippen LogP contribution >= 0.6 is 0 Å². The van der Waals surface area contributed by atoms with Crippen LogP contribution in [0.3, 0.4) is 0 Å². The lowest BCUT2D eigenvalue weighted by molar-refractivity contribution is -0.118. The van der Waals surface area contributed by atoms with Gasteiger partial charge in [-0.15, -0.1) is 0 Å². The van der Waals surface area contributed by atoms with Crippen LogP contribution in [0.1, 0.15) is 29.0 Å². The Morgan fingerprint density at radius 2 is 2.04 bits per heavy atom. The molecule has 0 radical (unpaired) electrons. The number of sulfone groups is 1. The van der Waals surface area contributed by atoms with E-state index in [4.69, 9.17) is 4.52 Å². The summed E-state index contributed by atoms with van der Waals surface area (Å²) in [7, 11) is -3.40. The summed E-state index contributed by atoms with van der Waals surface area (Å²) in [4.78, 5) is 14.1. The minimum Gasteiger partial charge on any atom is -0.361 e. The zero-order chi connectivity index (χ0) is 17.3. The number of hydrogen-bond acceptors (Lipinski definition) is 5. The van der Waals surface area contributed by atoms with Crippen molar-refractivity contribution in [3.8, 4) is 0 Å². The Kier molecular flexibility index (Phi) is 4.45. The second-order valence-electron chi connectivity index (χ2n) is 6.07. The highest BCUT2D eigenvalue weighted by atomic mass is 32.2. The van der Waals surface area contributed by atoms with Gasteiger partial charge in [0.1, 0.15) is 5.76 Å². The maximum absolute atomic E-state index is 12.4. The van der Waals surface area contributed by atoms with E-state index in [1.54, 1.807) is 18.7 Å². The Morgan fingerprint density at radius 1 is 1.29 bits per heavy atom. The summed E-state index contributed by atoms with van der Waals surface area (Å²) in [5.41, 5.74) is 3.19. The van der Waals surface area contributed by atoms with Crippen LogP contribution in [-0.2, 0) is 26.8 Å². The first-order valence-electron chi connectivity index (χ1n) is 7.88. The van der Waals surface area contributed by atoms with E-state index in [2.05, 4.69) is 5.16 Å². The molecule has 1 aliphatic heterocycles. The van der Waals surface area contributed by atoms with Crippen LogP contribution in [0.5, 0.6) is 0 Å². The van der Waals surface area contributed by atoms with Crippen LogP contribution in [0.4, 0.5) is 5.69 Å². The van der Waals surface area contributed by atoms with Gasteiger partial charge in [-0.05, 0) is 31.9 Å². The zero-order valence-corrected chi connectivity index (χ0v) is 14.6. The highest BCUT2D eigenvalue weighted by Crippen LogP contribution is 2.28. The quantitative estimate of drug-likeness (QED) is 0.827. The number of amides is 1. The summed E-state index contributed by atoms with van der Waals surface area (Å²) >= 11 is 0. The minimum absolute atomic E-state index is 0.0138. The SMILES string of the molecule is Cc1noc(C)c1CS(=O)(=O)CCC(=O)N1CCc2ccccc21. The number of hydrogen-bond donors (Lipinski definition) is 0. The summed E-state index contributed by atoms with van der Waals surface area (Å²) in [6.45, 7) is 4.02. The largest absolute Gasteiger partial charge is 0.361 e. The molecule has 3 rings (SSSR count). The molecule has 0 spiro atoms. The second kappa shape index (κ2) is 6.39. The Balaban J connectivity index is 1.64. The maximum atomic E-state index is 12.4. The molecule has 0 saturated carbocycles. The van der Waals surface area contributed by atoms with Gasteiger partial charge in [-0.2, -0.15) is 0 Å². The monoisotopic (exact) mass is 348 g/mol. The van der Waals surface area contributed by atoms with Gasteiger partial charge in [0, 0.05) is 24.2 Å². The molecule has 1 amide bonds. The van der Waals surface area contributed by atoms with E-state index in [-0.39, 0.29) is 23.8 Å². The lowest BCUT2D eigenvalue weighted by Gasteiger charge is -2.17. The van der Waals surface area contributed by atoms with Crippen molar-refractivity contribution < 1.29 is 17.7 Å². The van der Waals surface area contributed by atoms with Crippen LogP contribution in [0.25, 0.3) is 0 Å². The average Bonchev–Trinajstić information content (AvgIpc) is 3.11. The Labute approximate surface area is 141 Å². The molecule has 1 aliphatic rings. The van der Waals surface area contributed by atoms with Gasteiger partial charge in [-0.1, -0.05) is 23.4 Å². The summed E-state index contributed by atoms with van der Waals surface area (Å²) in [6.07, 6.45) is 0.799. The Morgan fingerprint density at radius 3 is 2.75 bits per heavy atom. The number of fused-ring (bicyclic) bond motifs is 1. The molecule has 7 heteroatoms. The third kappa shape index (κ3) is 3.36. The highest BCUT2D eigenvalue weighted by Gasteiger charge is 2.26. The van der Waals surface area contributed by atoms with Crippen molar-refractivity contribution in [2.45, 2.75) is 32.4 Å². The van der Waals surface area contributed by atoms with E-state index in [9.17, 15) is 13.2 Å². The maximum Gasteiger partial charge on any atom is 0.228 e. The zero-order valence-electron chi connectivity index (χ0n) is 13.8. The van der Waals surface area contributed by atoms with E-state index in [1.165, 1.54) is 0 Å². The second-order valence-corrected chi connectivity index (χ2v) is 8.25. The molecule has 0 atom stereocenters. The van der Waals surface area contributed by atoms with Gasteiger partial charge in [0.25, 0.3) is 0 Å². The van der Waals surface area contributed by atoms with Crippen molar-refractivity contribution in [3.63, 3.8) is 0 Å². The predicted molar refractivity (Wildman–Crippen MR) is 90.6 cm³/mol. The van der Waals surface area contributed by atoms with E-state index in [0.717, 1.165) is 17.7 Å². The number of nitrogens with zero attached hydrogens (tertiary/aromatic N) is 2. The number of anilines is 1. The van der Waals surface area contributed by atoms with Gasteiger partial charge < -0.3 is 9.42 Å². The van der Waals surface area contributed by atoms with Gasteiger partial charge in [-0.3, -0.25) is 4.79 Å². The van der Waals surface area contributed by atoms with Crippen molar-refractivity contribution in [2.75, 3.05) is 17.2 Å². The molecule has 2 heterocycles. The molecule has 6 nitrogen and oxygen atoms in total. The van der Waals surface area contributed by atoms with Crippen molar-refractivity contribution in [2.24, 2.45) is 0 Å². The van der Waals surface area contributed by atoms with Gasteiger partial charge in [0.2, 0.25) is 5.91 Å². The van der Waals surface area contributed by atoms with Crippen LogP contribution in [0, 0.1) is 13.8 Å². The lowest BCUT2D eigenvalue weighted by Crippen LogP contribution is -2.30. The molecule has 1 aromatic carbocycles. The molecule has 128 valence electrons. The minimum atomic E-state index is -3.40. The number of aromatic nitrogens is 1. The fourth-order valence-electron chi connectivity index (χ4n) is 2.98. The molecule has 0 fully saturated rings. The third-order valence-corrected chi connectivity index (χ3v) is 5.92. The summed E-state index contributed by atoms with van der Waals surface area (Å²) in [5.74, 6) is 0.0465. The Bertz CT molecular complexity index is 851. The van der Waals surface area contributed by atoms with Crippen LogP contribution in [0.15, 0.2) is 28.8 Å². The Hall–Kier alpha value is -2.15. The van der Waals surface area contributed by atoms with E-state index < -0.39 is 9.84 Å². The number of carbonyl (C=O) groups is 1. The van der Waals surface area contributed by atoms with Gasteiger partial charge in [0.05, 0.1) is 17.2 Å². The number of aryl methyl sites for hydroxylation is 2. The van der Waals surface area contributed by atoms with Crippen molar-refractivity contribution >= 4 is 21.4 Å². The van der Waals surface area contributed by atoms with Crippen LogP contribution < -0.4 is 4.90 Å². The van der Waals surface area contributed by atoms with E-state index in [0.29, 0.717) is 23.6 Å². The lowest BCUT2D eigenvalue weighted by atomic mass is 10.2. The molecule has 2 aromatic rings. The molecule has 0 bridgehead atoms. The standard InChI is InChI=1S/C17H20N2O4S/c1-12-15(13(2)23-18-12)11-24(21,22)10-8-17(20)19-9-7-14-5-3-4-6-16(14)19/h3-6H,7-11H2,1-2H3. The molecular formula is C17H20N2O4S. The predicted octanol–water partition coefficient (Wildman–Crippen LogP) is 2.19. The molecule has 24 heavy (non-hydrogen) atoms. The number of benzene rings is 1. The molecule has 1 aromatic heterocycles. The molecule has 0 saturated heterocycles. The van der Waals surface area contributed by atoms with E-state index in [1.807, 2.05) is 24.3 Å². The first kappa shape index (κ1) is 16.7. The average molecular weight is 348 g/mol. The summed E-state index contributed by atoms with van der Waals surface area (Å²) in [5, 5.41) is 3.77. The van der Waals surface area contributed by atoms with Gasteiger partial charge >= 0.3 is 0 Å². The van der Waals surface area contributed by atoms with Gasteiger partial charge in [0.15, 0.2) is 9.84 Å². The van der Waals surface area contributed by atoms with Crippen molar-refractivity contribution in [1.29, 1.82) is 0 Å². The smallest absolute Gasteiger partial charge is 0.228 e. The molecule has 0 unspecified atom stereocenters. The molecule has 0 N–H and O–H groups in total. The topological polar surface area (TPSA) is 80.5 Å². The normalized spacial score (nSPS) is 14.0. The summed E-state index contributed by atoms with van der Waals surface area (Å²) in [6, 6.07) is 7.73. The number of rotatable bonds is 5.